The van der Waals surface area contributed by atoms with E-state index in [-0.39, 0.29) is 23.7 Å². The van der Waals surface area contributed by atoms with Crippen LogP contribution in [-0.2, 0) is 9.59 Å². The third-order valence-corrected chi connectivity index (χ3v) is 1.75. The molecule has 0 saturated carbocycles. The summed E-state index contributed by atoms with van der Waals surface area (Å²) in [7, 11) is 0. The van der Waals surface area contributed by atoms with E-state index in [1.165, 1.54) is 0 Å². The van der Waals surface area contributed by atoms with Gasteiger partial charge >= 0.3 is 0 Å². The standard InChI is InChI=1S/C7H10NO2/c1-4(2)5-3-6(9)8-7(5)10/h4-5H,3H2,1-2H3. The van der Waals surface area contributed by atoms with Gasteiger partial charge < -0.3 is 0 Å². The molecule has 1 aliphatic heterocycles. The summed E-state index contributed by atoms with van der Waals surface area (Å²) in [6.07, 6.45) is 0.316. The molecule has 0 bridgehead atoms. The monoisotopic (exact) mass is 140 g/mol. The first-order valence-electron chi connectivity index (χ1n) is 3.39. The van der Waals surface area contributed by atoms with Gasteiger partial charge in [0, 0.05) is 6.42 Å². The Kier molecular flexibility index (Phi) is 1.74. The molecule has 0 aliphatic carbocycles. The molecule has 1 atom stereocenters. The van der Waals surface area contributed by atoms with Crippen LogP contribution in [0.15, 0.2) is 0 Å². The van der Waals surface area contributed by atoms with Crippen molar-refractivity contribution < 1.29 is 9.59 Å². The molecule has 1 unspecified atom stereocenters. The fraction of sp³-hybridized carbons (Fsp3) is 0.714. The van der Waals surface area contributed by atoms with E-state index >= 15 is 0 Å². The summed E-state index contributed by atoms with van der Waals surface area (Å²) in [5.74, 6) is -0.404. The molecule has 10 heavy (non-hydrogen) atoms. The van der Waals surface area contributed by atoms with Crippen molar-refractivity contribution in [3.05, 3.63) is 0 Å². The van der Waals surface area contributed by atoms with Gasteiger partial charge in [-0.2, -0.15) is 5.32 Å². The quantitative estimate of drug-likeness (QED) is 0.492. The Hall–Kier alpha value is -0.860. The lowest BCUT2D eigenvalue weighted by atomic mass is 9.95. The van der Waals surface area contributed by atoms with Gasteiger partial charge in [0.05, 0.1) is 5.92 Å². The van der Waals surface area contributed by atoms with Crippen LogP contribution in [0.3, 0.4) is 0 Å². The fourth-order valence-electron chi connectivity index (χ4n) is 1.05. The van der Waals surface area contributed by atoms with E-state index in [2.05, 4.69) is 5.32 Å². The summed E-state index contributed by atoms with van der Waals surface area (Å²) in [6, 6.07) is 0. The van der Waals surface area contributed by atoms with Gasteiger partial charge in [-0.15, -0.1) is 0 Å². The number of carbonyl (C=O) groups excluding carboxylic acids is 2. The van der Waals surface area contributed by atoms with Gasteiger partial charge in [-0.3, -0.25) is 9.59 Å². The topological polar surface area (TPSA) is 48.2 Å². The first kappa shape index (κ1) is 7.25. The Balaban J connectivity index is 2.63. The highest BCUT2D eigenvalue weighted by Crippen LogP contribution is 2.20. The predicted octanol–water partition coefficient (Wildman–Crippen LogP) is 0.320. The van der Waals surface area contributed by atoms with Crippen LogP contribution in [0.1, 0.15) is 20.3 Å². The van der Waals surface area contributed by atoms with Crippen LogP contribution in [0.25, 0.3) is 0 Å². The first-order valence-corrected chi connectivity index (χ1v) is 3.39. The average Bonchev–Trinajstić information content (AvgIpc) is 2.10. The van der Waals surface area contributed by atoms with E-state index in [4.69, 9.17) is 0 Å². The van der Waals surface area contributed by atoms with Crippen molar-refractivity contribution in [2.75, 3.05) is 0 Å². The summed E-state index contributed by atoms with van der Waals surface area (Å²) in [6.45, 7) is 3.85. The second-order valence-corrected chi connectivity index (χ2v) is 2.90. The molecule has 1 saturated heterocycles. The Morgan fingerprint density at radius 3 is 2.30 bits per heavy atom. The maximum atomic E-state index is 10.8. The summed E-state index contributed by atoms with van der Waals surface area (Å²) in [5, 5.41) is 3.31. The van der Waals surface area contributed by atoms with Crippen LogP contribution in [0.2, 0.25) is 0 Å². The molecule has 55 valence electrons. The third-order valence-electron chi connectivity index (χ3n) is 1.75. The summed E-state index contributed by atoms with van der Waals surface area (Å²) < 4.78 is 0. The maximum absolute atomic E-state index is 10.8. The number of carbonyl (C=O) groups is 2. The normalized spacial score (nSPS) is 25.7. The average molecular weight is 140 g/mol. The van der Waals surface area contributed by atoms with E-state index in [1.54, 1.807) is 0 Å². The molecule has 1 rings (SSSR count). The van der Waals surface area contributed by atoms with Crippen molar-refractivity contribution in [1.29, 1.82) is 0 Å². The number of nitrogens with zero attached hydrogens (tertiary/aromatic N) is 1. The molecule has 1 heterocycles. The third kappa shape index (κ3) is 1.17. The zero-order chi connectivity index (χ0) is 7.72. The summed E-state index contributed by atoms with van der Waals surface area (Å²) in [5.41, 5.74) is 0. The SMILES string of the molecule is CC(C)C1CC(=O)[N]C1=O. The Labute approximate surface area is 59.8 Å². The second kappa shape index (κ2) is 2.40. The minimum atomic E-state index is -0.260. The molecule has 3 heteroatoms. The predicted molar refractivity (Wildman–Crippen MR) is 35.1 cm³/mol. The molecule has 1 fully saturated rings. The molecule has 2 amide bonds. The largest absolute Gasteiger partial charge is 0.272 e. The summed E-state index contributed by atoms with van der Waals surface area (Å²) in [4.78, 5) is 21.4. The molecule has 1 aliphatic rings. The Morgan fingerprint density at radius 2 is 2.10 bits per heavy atom. The second-order valence-electron chi connectivity index (χ2n) is 2.90. The Bertz CT molecular complexity index is 174. The molecule has 0 spiro atoms. The molecule has 0 aromatic carbocycles. The zero-order valence-corrected chi connectivity index (χ0v) is 6.13. The lowest BCUT2D eigenvalue weighted by Crippen LogP contribution is -2.18. The van der Waals surface area contributed by atoms with E-state index in [9.17, 15) is 9.59 Å². The minimum Gasteiger partial charge on any atom is -0.272 e. The molecule has 1 radical (unpaired) electrons. The fourth-order valence-corrected chi connectivity index (χ4v) is 1.05. The molecular weight excluding hydrogens is 130 g/mol. The smallest absolute Gasteiger partial charge is 0.252 e. The van der Waals surface area contributed by atoms with Crippen LogP contribution >= 0.6 is 0 Å². The van der Waals surface area contributed by atoms with Gasteiger partial charge in [-0.25, -0.2) is 0 Å². The molecular formula is C7H10NO2. The number of rotatable bonds is 1. The van der Waals surface area contributed by atoms with Gasteiger partial charge in [0.25, 0.3) is 5.91 Å². The van der Waals surface area contributed by atoms with Crippen molar-refractivity contribution in [2.45, 2.75) is 20.3 Å². The minimum absolute atomic E-state index is 0.146. The first-order chi connectivity index (χ1) is 4.61. The van der Waals surface area contributed by atoms with Gasteiger partial charge in [-0.05, 0) is 5.92 Å². The van der Waals surface area contributed by atoms with Crippen LogP contribution in [0, 0.1) is 11.8 Å². The van der Waals surface area contributed by atoms with E-state index in [0.717, 1.165) is 0 Å². The summed E-state index contributed by atoms with van der Waals surface area (Å²) >= 11 is 0. The van der Waals surface area contributed by atoms with E-state index in [0.29, 0.717) is 6.42 Å². The van der Waals surface area contributed by atoms with Crippen molar-refractivity contribution >= 4 is 11.8 Å². The van der Waals surface area contributed by atoms with Crippen molar-refractivity contribution in [1.82, 2.24) is 5.32 Å². The van der Waals surface area contributed by atoms with Gasteiger partial charge in [0.2, 0.25) is 5.91 Å². The van der Waals surface area contributed by atoms with Crippen molar-refractivity contribution in [2.24, 2.45) is 11.8 Å². The lowest BCUT2D eigenvalue weighted by molar-refractivity contribution is -0.126. The van der Waals surface area contributed by atoms with Crippen LogP contribution in [0.5, 0.6) is 0 Å². The number of imide groups is 1. The molecule has 0 N–H and O–H groups in total. The van der Waals surface area contributed by atoms with Crippen LogP contribution in [0.4, 0.5) is 0 Å². The van der Waals surface area contributed by atoms with Crippen LogP contribution in [-0.4, -0.2) is 11.8 Å². The number of hydrogen-bond donors (Lipinski definition) is 0. The maximum Gasteiger partial charge on any atom is 0.252 e. The molecule has 0 aromatic rings. The number of hydrogen-bond acceptors (Lipinski definition) is 2. The highest BCUT2D eigenvalue weighted by Gasteiger charge is 2.34. The Morgan fingerprint density at radius 1 is 1.50 bits per heavy atom. The van der Waals surface area contributed by atoms with E-state index < -0.39 is 0 Å². The van der Waals surface area contributed by atoms with Gasteiger partial charge in [-0.1, -0.05) is 13.8 Å². The highest BCUT2D eigenvalue weighted by molar-refractivity contribution is 6.03. The van der Waals surface area contributed by atoms with E-state index in [1.807, 2.05) is 13.8 Å². The molecule has 0 aromatic heterocycles. The lowest BCUT2D eigenvalue weighted by Gasteiger charge is -2.07. The number of amides is 2. The highest BCUT2D eigenvalue weighted by atomic mass is 16.2. The molecule has 3 nitrogen and oxygen atoms in total. The van der Waals surface area contributed by atoms with Gasteiger partial charge in [0.15, 0.2) is 0 Å². The zero-order valence-electron chi connectivity index (χ0n) is 6.13. The van der Waals surface area contributed by atoms with Gasteiger partial charge in [0.1, 0.15) is 0 Å². The van der Waals surface area contributed by atoms with Crippen LogP contribution < -0.4 is 5.32 Å². The van der Waals surface area contributed by atoms with Crippen molar-refractivity contribution in [3.8, 4) is 0 Å². The van der Waals surface area contributed by atoms with Crippen molar-refractivity contribution in [3.63, 3.8) is 0 Å².